The minimum atomic E-state index is 0.0584. The van der Waals surface area contributed by atoms with Gasteiger partial charge in [-0.05, 0) is 54.4 Å². The number of rotatable bonds is 3. The number of hydrogen-bond acceptors (Lipinski definition) is 2. The molecule has 0 saturated carbocycles. The first-order chi connectivity index (χ1) is 11.8. The van der Waals surface area contributed by atoms with Gasteiger partial charge in [0.1, 0.15) is 0 Å². The molecule has 4 nitrogen and oxygen atoms in total. The summed E-state index contributed by atoms with van der Waals surface area (Å²) in [5.41, 5.74) is 3.68. The summed E-state index contributed by atoms with van der Waals surface area (Å²) >= 11 is 0. The van der Waals surface area contributed by atoms with E-state index in [-0.39, 0.29) is 5.41 Å². The minimum Gasteiger partial charge on any atom is -0.343 e. The Morgan fingerprint density at radius 2 is 1.96 bits per heavy atom. The number of benzene rings is 1. The molecule has 1 aliphatic heterocycles. The molecule has 1 fully saturated rings. The summed E-state index contributed by atoms with van der Waals surface area (Å²) < 4.78 is 1.96. The summed E-state index contributed by atoms with van der Waals surface area (Å²) in [6, 6.07) is 8.38. The lowest BCUT2D eigenvalue weighted by Gasteiger charge is -2.33. The van der Waals surface area contributed by atoms with Crippen molar-refractivity contribution >= 4 is 5.91 Å². The maximum Gasteiger partial charge on any atom is 0.223 e. The third-order valence-corrected chi connectivity index (χ3v) is 4.87. The average Bonchev–Trinajstić information content (AvgIpc) is 3.03. The van der Waals surface area contributed by atoms with Gasteiger partial charge in [-0.1, -0.05) is 32.9 Å². The van der Waals surface area contributed by atoms with Gasteiger partial charge in [0.2, 0.25) is 5.91 Å². The van der Waals surface area contributed by atoms with Crippen molar-refractivity contribution in [2.24, 2.45) is 5.41 Å². The molecule has 1 amide bonds. The number of hydrogen-bond donors (Lipinski definition) is 0. The first kappa shape index (κ1) is 17.7. The molecule has 0 bridgehead atoms. The predicted octanol–water partition coefficient (Wildman–Crippen LogP) is 4.32. The number of likely N-dealkylation sites (tertiary alicyclic amines) is 1. The maximum atomic E-state index is 12.4. The molecule has 2 heterocycles. The Morgan fingerprint density at radius 3 is 2.60 bits per heavy atom. The van der Waals surface area contributed by atoms with E-state index in [0.29, 0.717) is 18.2 Å². The van der Waals surface area contributed by atoms with Crippen LogP contribution in [0.15, 0.2) is 36.7 Å². The van der Waals surface area contributed by atoms with Crippen LogP contribution in [0.3, 0.4) is 0 Å². The standard InChI is InChI=1S/C21H29N3O/c1-16-6-5-7-19(12-16)24-15-18(14-22-24)17-8-10-23(11-9-17)20(25)13-21(2,3)4/h5-7,12,14-15,17H,8-11,13H2,1-4H3. The molecule has 0 atom stereocenters. The number of carbonyl (C=O) groups excluding carboxylic acids is 1. The van der Waals surface area contributed by atoms with Gasteiger partial charge in [-0.2, -0.15) is 5.10 Å². The van der Waals surface area contributed by atoms with Gasteiger partial charge in [-0.15, -0.1) is 0 Å². The van der Waals surface area contributed by atoms with Crippen LogP contribution < -0.4 is 0 Å². The third-order valence-electron chi connectivity index (χ3n) is 4.87. The molecule has 25 heavy (non-hydrogen) atoms. The fourth-order valence-corrected chi connectivity index (χ4v) is 3.49. The van der Waals surface area contributed by atoms with E-state index in [9.17, 15) is 4.79 Å². The van der Waals surface area contributed by atoms with Crippen molar-refractivity contribution in [1.82, 2.24) is 14.7 Å². The highest BCUT2D eigenvalue weighted by molar-refractivity contribution is 5.76. The van der Waals surface area contributed by atoms with Crippen molar-refractivity contribution in [3.63, 3.8) is 0 Å². The smallest absolute Gasteiger partial charge is 0.223 e. The summed E-state index contributed by atoms with van der Waals surface area (Å²) in [6.45, 7) is 10.2. The Bertz CT molecular complexity index is 734. The normalized spacial score (nSPS) is 16.2. The van der Waals surface area contributed by atoms with Gasteiger partial charge in [-0.25, -0.2) is 4.68 Å². The average molecular weight is 339 g/mol. The monoisotopic (exact) mass is 339 g/mol. The first-order valence-electron chi connectivity index (χ1n) is 9.21. The van der Waals surface area contributed by atoms with Gasteiger partial charge in [0, 0.05) is 25.7 Å². The SMILES string of the molecule is Cc1cccc(-n2cc(C3CCN(C(=O)CC(C)(C)C)CC3)cn2)c1. The molecule has 3 rings (SSSR count). The van der Waals surface area contributed by atoms with Gasteiger partial charge >= 0.3 is 0 Å². The van der Waals surface area contributed by atoms with Gasteiger partial charge in [0.25, 0.3) is 0 Å². The largest absolute Gasteiger partial charge is 0.343 e. The lowest BCUT2D eigenvalue weighted by Crippen LogP contribution is -2.39. The fourth-order valence-electron chi connectivity index (χ4n) is 3.49. The quantitative estimate of drug-likeness (QED) is 0.835. The lowest BCUT2D eigenvalue weighted by atomic mass is 9.89. The molecule has 0 unspecified atom stereocenters. The van der Waals surface area contributed by atoms with Gasteiger partial charge < -0.3 is 4.90 Å². The Kier molecular flexibility index (Phi) is 4.98. The molecule has 2 aromatic rings. The number of nitrogens with zero attached hydrogens (tertiary/aromatic N) is 3. The molecule has 0 aliphatic carbocycles. The lowest BCUT2D eigenvalue weighted by molar-refractivity contribution is -0.134. The predicted molar refractivity (Wildman–Crippen MR) is 101 cm³/mol. The molecule has 1 aromatic heterocycles. The molecule has 0 radical (unpaired) electrons. The van der Waals surface area contributed by atoms with Crippen LogP contribution in [0.25, 0.3) is 5.69 Å². The van der Waals surface area contributed by atoms with E-state index >= 15 is 0 Å². The van der Waals surface area contributed by atoms with Crippen LogP contribution in [0.1, 0.15) is 57.1 Å². The van der Waals surface area contributed by atoms with E-state index in [1.165, 1.54) is 11.1 Å². The van der Waals surface area contributed by atoms with Gasteiger partial charge in [0.05, 0.1) is 11.9 Å². The molecular weight excluding hydrogens is 310 g/mol. The van der Waals surface area contributed by atoms with Crippen LogP contribution in [0.4, 0.5) is 0 Å². The highest BCUT2D eigenvalue weighted by Crippen LogP contribution is 2.29. The third kappa shape index (κ3) is 4.50. The number of aryl methyl sites for hydroxylation is 1. The molecule has 4 heteroatoms. The van der Waals surface area contributed by atoms with Crippen LogP contribution in [0.5, 0.6) is 0 Å². The summed E-state index contributed by atoms with van der Waals surface area (Å²) in [4.78, 5) is 14.4. The van der Waals surface area contributed by atoms with E-state index < -0.39 is 0 Å². The number of aromatic nitrogens is 2. The second-order valence-corrected chi connectivity index (χ2v) is 8.45. The van der Waals surface area contributed by atoms with E-state index in [0.717, 1.165) is 31.6 Å². The van der Waals surface area contributed by atoms with Crippen molar-refractivity contribution in [2.45, 2.75) is 52.9 Å². The molecular formula is C21H29N3O. The second kappa shape index (κ2) is 7.03. The van der Waals surface area contributed by atoms with Crippen LogP contribution in [0.2, 0.25) is 0 Å². The summed E-state index contributed by atoms with van der Waals surface area (Å²) in [5.74, 6) is 0.790. The topological polar surface area (TPSA) is 38.1 Å². The van der Waals surface area contributed by atoms with Gasteiger partial charge in [-0.3, -0.25) is 4.79 Å². The van der Waals surface area contributed by atoms with Crippen molar-refractivity contribution < 1.29 is 4.79 Å². The van der Waals surface area contributed by atoms with Crippen molar-refractivity contribution in [2.75, 3.05) is 13.1 Å². The Balaban J connectivity index is 1.61. The van der Waals surface area contributed by atoms with Crippen molar-refractivity contribution in [1.29, 1.82) is 0 Å². The molecule has 134 valence electrons. The Morgan fingerprint density at radius 1 is 1.24 bits per heavy atom. The molecule has 1 aromatic carbocycles. The first-order valence-corrected chi connectivity index (χ1v) is 9.21. The maximum absolute atomic E-state index is 12.4. The van der Waals surface area contributed by atoms with Crippen LogP contribution >= 0.6 is 0 Å². The zero-order valence-corrected chi connectivity index (χ0v) is 15.8. The molecule has 1 saturated heterocycles. The number of piperidine rings is 1. The molecule has 1 aliphatic rings. The van der Waals surface area contributed by atoms with Crippen molar-refractivity contribution in [3.8, 4) is 5.69 Å². The highest BCUT2D eigenvalue weighted by Gasteiger charge is 2.27. The second-order valence-electron chi connectivity index (χ2n) is 8.45. The highest BCUT2D eigenvalue weighted by atomic mass is 16.2. The summed E-state index contributed by atoms with van der Waals surface area (Å²) in [7, 11) is 0. The van der Waals surface area contributed by atoms with E-state index in [4.69, 9.17) is 0 Å². The van der Waals surface area contributed by atoms with Crippen LogP contribution in [-0.4, -0.2) is 33.7 Å². The molecule has 0 spiro atoms. The van der Waals surface area contributed by atoms with E-state index in [2.05, 4.69) is 63.3 Å². The number of amides is 1. The summed E-state index contributed by atoms with van der Waals surface area (Å²) in [5, 5.41) is 4.54. The molecule has 0 N–H and O–H groups in total. The zero-order chi connectivity index (χ0) is 18.0. The van der Waals surface area contributed by atoms with E-state index in [1.54, 1.807) is 0 Å². The fraction of sp³-hybridized carbons (Fsp3) is 0.524. The Hall–Kier alpha value is -2.10. The van der Waals surface area contributed by atoms with Crippen molar-refractivity contribution in [3.05, 3.63) is 47.8 Å². The Labute approximate surface area is 150 Å². The van der Waals surface area contributed by atoms with Crippen LogP contribution in [0, 0.1) is 12.3 Å². The zero-order valence-electron chi connectivity index (χ0n) is 15.8. The van der Waals surface area contributed by atoms with Gasteiger partial charge in [0.15, 0.2) is 0 Å². The minimum absolute atomic E-state index is 0.0584. The van der Waals surface area contributed by atoms with Crippen LogP contribution in [-0.2, 0) is 4.79 Å². The van der Waals surface area contributed by atoms with E-state index in [1.807, 2.05) is 15.8 Å². The number of carbonyl (C=O) groups is 1. The summed E-state index contributed by atoms with van der Waals surface area (Å²) in [6.07, 6.45) is 6.81.